The number of aromatic nitrogens is 1. The van der Waals surface area contributed by atoms with Crippen LogP contribution in [0.25, 0.3) is 11.3 Å². The molecule has 1 amide bonds. The van der Waals surface area contributed by atoms with E-state index in [0.717, 1.165) is 16.8 Å². The number of hydrogen-bond donors (Lipinski definition) is 1. The van der Waals surface area contributed by atoms with E-state index in [2.05, 4.69) is 6.07 Å². The number of nitrogens with zero attached hydrogens (tertiary/aromatic N) is 3. The Morgan fingerprint density at radius 2 is 1.86 bits per heavy atom. The van der Waals surface area contributed by atoms with Gasteiger partial charge in [-0.2, -0.15) is 5.26 Å². The first-order chi connectivity index (χ1) is 16.6. The van der Waals surface area contributed by atoms with Crippen molar-refractivity contribution in [1.29, 1.82) is 5.26 Å². The van der Waals surface area contributed by atoms with Crippen molar-refractivity contribution >= 4 is 24.3 Å². The molecule has 1 aliphatic heterocycles. The molecular weight excluding hydrogens is 468 g/mol. The monoisotopic (exact) mass is 494 g/mol. The van der Waals surface area contributed by atoms with E-state index in [0.29, 0.717) is 55.4 Å². The number of pyridine rings is 1. The second-order valence-corrected chi connectivity index (χ2v) is 7.94. The highest BCUT2D eigenvalue weighted by Gasteiger charge is 2.24. The van der Waals surface area contributed by atoms with Gasteiger partial charge in [0.1, 0.15) is 24.6 Å². The summed E-state index contributed by atoms with van der Waals surface area (Å²) in [5, 5.41) is 9.63. The minimum atomic E-state index is -0.763. The molecule has 1 saturated heterocycles. The maximum atomic E-state index is 11.0. The van der Waals surface area contributed by atoms with Crippen LogP contribution in [0, 0.1) is 11.3 Å². The van der Waals surface area contributed by atoms with Crippen molar-refractivity contribution in [3.05, 3.63) is 71.8 Å². The van der Waals surface area contributed by atoms with E-state index in [-0.39, 0.29) is 18.5 Å². The number of primary amides is 1. The van der Waals surface area contributed by atoms with Crippen LogP contribution >= 0.6 is 12.4 Å². The third kappa shape index (κ3) is 6.34. The number of anilines is 1. The van der Waals surface area contributed by atoms with Crippen LogP contribution in [0.2, 0.25) is 0 Å². The van der Waals surface area contributed by atoms with Crippen LogP contribution in [0.1, 0.15) is 24.0 Å². The Balaban J connectivity index is 0.00000342. The van der Waals surface area contributed by atoms with Crippen LogP contribution in [0.3, 0.4) is 0 Å². The Morgan fingerprint density at radius 1 is 1.11 bits per heavy atom. The lowest BCUT2D eigenvalue weighted by Crippen LogP contribution is -2.39. The van der Waals surface area contributed by atoms with Gasteiger partial charge in [-0.1, -0.05) is 30.3 Å². The first kappa shape index (κ1) is 25.7. The molecule has 1 aliphatic rings. The Bertz CT molecular complexity index is 1190. The number of rotatable bonds is 7. The van der Waals surface area contributed by atoms with E-state index in [4.69, 9.17) is 24.9 Å². The Kier molecular flexibility index (Phi) is 8.76. The fourth-order valence-electron chi connectivity index (χ4n) is 3.97. The summed E-state index contributed by atoms with van der Waals surface area (Å²) in [5.74, 6) is 1.85. The number of ether oxygens (including phenoxy) is 3. The number of nitriles is 1. The predicted octanol–water partition coefficient (Wildman–Crippen LogP) is 4.69. The van der Waals surface area contributed by atoms with E-state index >= 15 is 0 Å². The van der Waals surface area contributed by atoms with Gasteiger partial charge in [0.05, 0.1) is 18.4 Å². The molecule has 0 bridgehead atoms. The SMILES string of the molecule is COc1ccc(-c2ccc(C#N)c(N3CCC(OC(N)=O)CC3)n2)cc1OCc1ccccc1.Cl. The number of carbonyl (C=O) groups excluding carboxylic acids is 1. The lowest BCUT2D eigenvalue weighted by Gasteiger charge is -2.32. The third-order valence-corrected chi connectivity index (χ3v) is 5.72. The predicted molar refractivity (Wildman–Crippen MR) is 135 cm³/mol. The number of halogens is 1. The van der Waals surface area contributed by atoms with Gasteiger partial charge in [-0.25, -0.2) is 9.78 Å². The fraction of sp³-hybridized carbons (Fsp3) is 0.269. The average Bonchev–Trinajstić information content (AvgIpc) is 2.87. The number of nitrogens with two attached hydrogens (primary N) is 1. The zero-order valence-corrected chi connectivity index (χ0v) is 20.2. The summed E-state index contributed by atoms with van der Waals surface area (Å²) in [6.45, 7) is 1.63. The molecule has 2 aromatic carbocycles. The zero-order valence-electron chi connectivity index (χ0n) is 19.3. The summed E-state index contributed by atoms with van der Waals surface area (Å²) < 4.78 is 16.6. The molecule has 0 atom stereocenters. The molecule has 2 heterocycles. The lowest BCUT2D eigenvalue weighted by atomic mass is 10.1. The summed E-state index contributed by atoms with van der Waals surface area (Å²) in [7, 11) is 1.61. The molecule has 9 heteroatoms. The van der Waals surface area contributed by atoms with E-state index in [1.54, 1.807) is 13.2 Å². The summed E-state index contributed by atoms with van der Waals surface area (Å²) in [5.41, 5.74) is 8.25. The summed E-state index contributed by atoms with van der Waals surface area (Å²) >= 11 is 0. The van der Waals surface area contributed by atoms with Crippen LogP contribution in [-0.4, -0.2) is 37.4 Å². The number of benzene rings is 2. The van der Waals surface area contributed by atoms with Gasteiger partial charge in [0.2, 0.25) is 0 Å². The molecule has 35 heavy (non-hydrogen) atoms. The number of carbonyl (C=O) groups is 1. The maximum absolute atomic E-state index is 11.0. The molecular formula is C26H27ClN4O4. The number of piperidine rings is 1. The van der Waals surface area contributed by atoms with Crippen LogP contribution in [0.5, 0.6) is 11.5 Å². The van der Waals surface area contributed by atoms with Crippen molar-refractivity contribution in [2.24, 2.45) is 5.73 Å². The highest BCUT2D eigenvalue weighted by Crippen LogP contribution is 2.34. The van der Waals surface area contributed by atoms with Gasteiger partial charge in [-0.3, -0.25) is 0 Å². The highest BCUT2D eigenvalue weighted by atomic mass is 35.5. The van der Waals surface area contributed by atoms with Gasteiger partial charge >= 0.3 is 6.09 Å². The normalized spacial score (nSPS) is 13.3. The molecule has 2 N–H and O–H groups in total. The van der Waals surface area contributed by atoms with Gasteiger partial charge < -0.3 is 24.8 Å². The van der Waals surface area contributed by atoms with Crippen molar-refractivity contribution < 1.29 is 19.0 Å². The maximum Gasteiger partial charge on any atom is 0.404 e. The smallest absolute Gasteiger partial charge is 0.404 e. The zero-order chi connectivity index (χ0) is 23.9. The molecule has 0 radical (unpaired) electrons. The minimum absolute atomic E-state index is 0. The van der Waals surface area contributed by atoms with Gasteiger partial charge in [-0.15, -0.1) is 12.4 Å². The molecule has 1 aromatic heterocycles. The molecule has 182 valence electrons. The average molecular weight is 495 g/mol. The van der Waals surface area contributed by atoms with Gasteiger partial charge in [0, 0.05) is 31.5 Å². The minimum Gasteiger partial charge on any atom is -0.493 e. The quantitative estimate of drug-likeness (QED) is 0.507. The first-order valence-electron chi connectivity index (χ1n) is 11.0. The van der Waals surface area contributed by atoms with E-state index in [9.17, 15) is 10.1 Å². The van der Waals surface area contributed by atoms with Crippen molar-refractivity contribution in [3.8, 4) is 28.8 Å². The van der Waals surface area contributed by atoms with E-state index < -0.39 is 6.09 Å². The van der Waals surface area contributed by atoms with Crippen LogP contribution < -0.4 is 20.1 Å². The summed E-state index contributed by atoms with van der Waals surface area (Å²) in [4.78, 5) is 17.9. The highest BCUT2D eigenvalue weighted by molar-refractivity contribution is 5.85. The van der Waals surface area contributed by atoms with Gasteiger partial charge in [0.15, 0.2) is 11.5 Å². The Hall–Kier alpha value is -3.96. The van der Waals surface area contributed by atoms with Crippen LogP contribution in [0.4, 0.5) is 10.6 Å². The molecule has 4 rings (SSSR count). The lowest BCUT2D eigenvalue weighted by molar-refractivity contribution is 0.0911. The van der Waals surface area contributed by atoms with Crippen molar-refractivity contribution in [2.75, 3.05) is 25.1 Å². The Morgan fingerprint density at radius 3 is 2.51 bits per heavy atom. The number of methoxy groups -OCH3 is 1. The fourth-order valence-corrected chi connectivity index (χ4v) is 3.97. The first-order valence-corrected chi connectivity index (χ1v) is 11.0. The molecule has 0 saturated carbocycles. The van der Waals surface area contributed by atoms with Crippen LogP contribution in [-0.2, 0) is 11.3 Å². The van der Waals surface area contributed by atoms with Gasteiger partial charge in [-0.05, 0) is 35.9 Å². The molecule has 1 fully saturated rings. The number of hydrogen-bond acceptors (Lipinski definition) is 7. The third-order valence-electron chi connectivity index (χ3n) is 5.72. The largest absolute Gasteiger partial charge is 0.493 e. The topological polar surface area (TPSA) is 111 Å². The van der Waals surface area contributed by atoms with Crippen molar-refractivity contribution in [3.63, 3.8) is 0 Å². The Labute approximate surface area is 210 Å². The van der Waals surface area contributed by atoms with E-state index in [1.807, 2.05) is 59.5 Å². The summed E-state index contributed by atoms with van der Waals surface area (Å²) in [6, 6.07) is 21.4. The van der Waals surface area contributed by atoms with Crippen molar-refractivity contribution in [1.82, 2.24) is 4.98 Å². The van der Waals surface area contributed by atoms with E-state index in [1.165, 1.54) is 0 Å². The standard InChI is InChI=1S/C26H26N4O4.ClH/c1-32-23-10-8-19(15-24(23)33-17-18-5-3-2-4-6-18)22-9-7-20(16-27)25(29-22)30-13-11-21(12-14-30)34-26(28)31;/h2-10,15,21H,11-14,17H2,1H3,(H2,28,31);1H. The molecule has 3 aromatic rings. The molecule has 0 unspecified atom stereocenters. The molecule has 8 nitrogen and oxygen atoms in total. The second kappa shape index (κ2) is 12.0. The van der Waals surface area contributed by atoms with Crippen molar-refractivity contribution in [2.45, 2.75) is 25.6 Å². The van der Waals surface area contributed by atoms with Crippen LogP contribution in [0.15, 0.2) is 60.7 Å². The second-order valence-electron chi connectivity index (χ2n) is 7.94. The molecule has 0 spiro atoms. The summed E-state index contributed by atoms with van der Waals surface area (Å²) in [6.07, 6.45) is 0.272. The van der Waals surface area contributed by atoms with Gasteiger partial charge in [0.25, 0.3) is 0 Å². The number of amides is 1. The molecule has 0 aliphatic carbocycles.